The highest BCUT2D eigenvalue weighted by Crippen LogP contribution is 2.57. The summed E-state index contributed by atoms with van der Waals surface area (Å²) in [7, 11) is 0. The lowest BCUT2D eigenvalue weighted by molar-refractivity contribution is 0.604. The van der Waals surface area contributed by atoms with Gasteiger partial charge in [0.05, 0.1) is 55.8 Å². The van der Waals surface area contributed by atoms with E-state index in [2.05, 4.69) is 341 Å². The standard InChI is InChI=1S/C91H58N4O2/c1-3-25-64-66-35-21-45-76(90(66)96-78(64)4-2)92(62-52-48-58(49-53-62)56-26-9-5-10-27-56)72-41-23-43-74-82(72)68-37-19-39-70-84-81(61-32-15-8-16-33-61)89-85(80(60-30-13-7-14-31-60)88(84)94(74)86(68)70)71-40-20-38-69-83-73(42-24-44-75(83)95(89)87(69)71)93(63-54-50-59(51-55-63)57-28-11-6-12-29-57)77-46-22-36-67-65-34-17-18-47-79(65)97-91(67)77/h3-55H,2H2,1H3/b25-3-. The largest absolute Gasteiger partial charge is 0.454 e. The molecule has 97 heavy (non-hydrogen) atoms. The number of anilines is 6. The summed E-state index contributed by atoms with van der Waals surface area (Å²) < 4.78 is 19.1. The zero-order valence-electron chi connectivity index (χ0n) is 52.9. The van der Waals surface area contributed by atoms with Gasteiger partial charge >= 0.3 is 0 Å². The molecule has 6 aromatic heterocycles. The maximum Gasteiger partial charge on any atom is 0.159 e. The van der Waals surface area contributed by atoms with Gasteiger partial charge in [0.2, 0.25) is 0 Å². The maximum absolute atomic E-state index is 6.96. The molecule has 20 aromatic rings. The van der Waals surface area contributed by atoms with Crippen molar-refractivity contribution in [2.45, 2.75) is 6.92 Å². The third kappa shape index (κ3) is 7.90. The van der Waals surface area contributed by atoms with Crippen LogP contribution >= 0.6 is 0 Å². The van der Waals surface area contributed by atoms with Gasteiger partial charge in [0.15, 0.2) is 11.2 Å². The molecule has 0 aliphatic carbocycles. The first-order chi connectivity index (χ1) is 48.1. The Morgan fingerprint density at radius 3 is 1.15 bits per heavy atom. The van der Waals surface area contributed by atoms with Gasteiger partial charge < -0.3 is 27.4 Å². The monoisotopic (exact) mass is 1240 g/mol. The molecule has 0 saturated carbocycles. The van der Waals surface area contributed by atoms with Crippen LogP contribution < -0.4 is 9.80 Å². The molecule has 0 aliphatic rings. The van der Waals surface area contributed by atoms with Gasteiger partial charge in [-0.05, 0) is 113 Å². The van der Waals surface area contributed by atoms with E-state index in [1.165, 1.54) is 60.2 Å². The van der Waals surface area contributed by atoms with Gasteiger partial charge in [-0.3, -0.25) is 0 Å². The highest BCUT2D eigenvalue weighted by molar-refractivity contribution is 6.39. The minimum atomic E-state index is 0.736. The zero-order valence-corrected chi connectivity index (χ0v) is 52.9. The van der Waals surface area contributed by atoms with Gasteiger partial charge in [0.1, 0.15) is 11.3 Å². The molecular weight excluding hydrogens is 1180 g/mol. The number of fused-ring (bicyclic) bond motifs is 16. The van der Waals surface area contributed by atoms with E-state index < -0.39 is 0 Å². The number of hydrogen-bond acceptors (Lipinski definition) is 4. The minimum Gasteiger partial charge on any atom is -0.454 e. The smallest absolute Gasteiger partial charge is 0.159 e. The second-order valence-electron chi connectivity index (χ2n) is 25.3. The van der Waals surface area contributed by atoms with Crippen molar-refractivity contribution in [1.82, 2.24) is 8.80 Å². The van der Waals surface area contributed by atoms with Gasteiger partial charge in [-0.1, -0.05) is 255 Å². The number of aromatic nitrogens is 2. The first kappa shape index (κ1) is 54.6. The zero-order chi connectivity index (χ0) is 64.0. The summed E-state index contributed by atoms with van der Waals surface area (Å²) in [4.78, 5) is 4.84. The number of furan rings is 2. The Bertz CT molecular complexity index is 6560. The second-order valence-corrected chi connectivity index (χ2v) is 25.3. The Labute approximate surface area is 558 Å². The quantitative estimate of drug-likeness (QED) is 0.122. The van der Waals surface area contributed by atoms with Gasteiger partial charge in [-0.15, -0.1) is 0 Å². The molecule has 0 unspecified atom stereocenters. The van der Waals surface area contributed by atoms with Crippen LogP contribution in [0, 0.1) is 0 Å². The Morgan fingerprint density at radius 2 is 0.680 bits per heavy atom. The third-order valence-corrected chi connectivity index (χ3v) is 20.2. The molecule has 0 spiro atoms. The van der Waals surface area contributed by atoms with E-state index in [4.69, 9.17) is 8.83 Å². The number of hydrogen-bond donors (Lipinski definition) is 0. The summed E-state index contributed by atoms with van der Waals surface area (Å²) in [6, 6.07) is 111. The van der Waals surface area contributed by atoms with E-state index in [-0.39, 0.29) is 0 Å². The fourth-order valence-corrected chi connectivity index (χ4v) is 16.3. The summed E-state index contributed by atoms with van der Waals surface area (Å²) in [5.41, 5.74) is 25.7. The molecule has 0 fully saturated rings. The molecule has 0 radical (unpaired) electrons. The van der Waals surface area contributed by atoms with E-state index in [0.29, 0.717) is 0 Å². The normalized spacial score (nSPS) is 12.2. The van der Waals surface area contributed by atoms with Crippen molar-refractivity contribution in [3.8, 4) is 44.5 Å². The van der Waals surface area contributed by atoms with Crippen molar-refractivity contribution in [3.05, 3.63) is 327 Å². The molecule has 0 atom stereocenters. The molecule has 14 aromatic carbocycles. The lowest BCUT2D eigenvalue weighted by atomic mass is 9.89. The Morgan fingerprint density at radius 1 is 0.309 bits per heavy atom. The van der Waals surface area contributed by atoms with Gasteiger partial charge in [0.25, 0.3) is 0 Å². The van der Waals surface area contributed by atoms with Crippen LogP contribution in [0.5, 0.6) is 0 Å². The Hall–Kier alpha value is -12.9. The predicted octanol–water partition coefficient (Wildman–Crippen LogP) is 25.9. The molecule has 6 nitrogen and oxygen atoms in total. The predicted molar refractivity (Wildman–Crippen MR) is 409 cm³/mol. The molecule has 20 rings (SSSR count). The van der Waals surface area contributed by atoms with E-state index in [9.17, 15) is 0 Å². The number of rotatable bonds is 12. The minimum absolute atomic E-state index is 0.736. The lowest BCUT2D eigenvalue weighted by Gasteiger charge is -2.27. The highest BCUT2D eigenvalue weighted by atomic mass is 16.3. The van der Waals surface area contributed by atoms with E-state index >= 15 is 0 Å². The average Bonchev–Trinajstić information content (AvgIpc) is 1.50. The average molecular weight is 1240 g/mol. The molecule has 6 heteroatoms. The highest BCUT2D eigenvalue weighted by Gasteiger charge is 2.34. The summed E-state index contributed by atoms with van der Waals surface area (Å²) in [6.07, 6.45) is 6.02. The van der Waals surface area contributed by atoms with E-state index in [1.54, 1.807) is 0 Å². The first-order valence-electron chi connectivity index (χ1n) is 33.2. The Balaban J connectivity index is 0.902. The summed E-state index contributed by atoms with van der Waals surface area (Å²) in [6.45, 7) is 6.27. The van der Waals surface area contributed by atoms with Crippen molar-refractivity contribution < 1.29 is 8.83 Å². The van der Waals surface area contributed by atoms with E-state index in [1.807, 2.05) is 13.0 Å². The van der Waals surface area contributed by atoms with Crippen LogP contribution in [-0.2, 0) is 0 Å². The van der Waals surface area contributed by atoms with Crippen LogP contribution in [0.2, 0.25) is 0 Å². The van der Waals surface area contributed by atoms with Gasteiger partial charge in [0, 0.05) is 87.3 Å². The van der Waals surface area contributed by atoms with Crippen LogP contribution in [0.15, 0.2) is 325 Å². The molecule has 0 aliphatic heterocycles. The second kappa shape index (κ2) is 21.3. The summed E-state index contributed by atoms with van der Waals surface area (Å²) >= 11 is 0. The lowest BCUT2D eigenvalue weighted by Crippen LogP contribution is -2.10. The van der Waals surface area contributed by atoms with Crippen molar-refractivity contribution in [2.24, 2.45) is 0 Å². The fraction of sp³-hybridized carbons (Fsp3) is 0.0110. The van der Waals surface area contributed by atoms with E-state index in [0.717, 1.165) is 139 Å². The van der Waals surface area contributed by atoms with Crippen LogP contribution in [0.4, 0.5) is 34.1 Å². The molecule has 6 heterocycles. The maximum atomic E-state index is 6.96. The van der Waals surface area contributed by atoms with Crippen LogP contribution in [-0.4, -0.2) is 8.80 Å². The fourth-order valence-electron chi connectivity index (χ4n) is 16.3. The van der Waals surface area contributed by atoms with Crippen molar-refractivity contribution in [3.63, 3.8) is 0 Å². The van der Waals surface area contributed by atoms with Crippen molar-refractivity contribution in [1.29, 1.82) is 0 Å². The summed E-state index contributed by atoms with van der Waals surface area (Å²) in [5, 5.41) is 12.6. The topological polar surface area (TPSA) is 41.6 Å². The van der Waals surface area contributed by atoms with Crippen molar-refractivity contribution >= 4 is 155 Å². The van der Waals surface area contributed by atoms with Gasteiger partial charge in [-0.2, -0.15) is 0 Å². The third-order valence-electron chi connectivity index (χ3n) is 20.2. The SMILES string of the molecule is C=Cc1oc2c(N(c3ccc(-c4ccccc4)cc3)c3cccc4c3c3cccc5c6c(-c7ccccc7)c7c(c(-c8ccccc8)c6n4c35)c3cccc4c5c(N(c6ccc(-c8ccccc8)cc6)c6cccc8c6oc6ccccc68)cccc5n7c43)cccc2c1/C=C\C. The molecule has 0 amide bonds. The summed E-state index contributed by atoms with van der Waals surface area (Å²) in [5.74, 6) is 0.736. The van der Waals surface area contributed by atoms with Gasteiger partial charge in [-0.25, -0.2) is 0 Å². The molecule has 454 valence electrons. The van der Waals surface area contributed by atoms with Crippen LogP contribution in [0.3, 0.4) is 0 Å². The van der Waals surface area contributed by atoms with Crippen LogP contribution in [0.25, 0.3) is 166 Å². The number of allylic oxidation sites excluding steroid dienone is 1. The Kier molecular flexibility index (Phi) is 12.0. The molecule has 0 N–H and O–H groups in total. The van der Waals surface area contributed by atoms with Crippen LogP contribution in [0.1, 0.15) is 18.2 Å². The number of benzene rings is 14. The van der Waals surface area contributed by atoms with Crippen molar-refractivity contribution in [2.75, 3.05) is 9.80 Å². The molecular formula is C91H58N4O2. The number of para-hydroxylation sites is 5. The molecule has 0 bridgehead atoms. The first-order valence-corrected chi connectivity index (χ1v) is 33.2. The molecule has 0 saturated heterocycles. The number of nitrogens with zero attached hydrogens (tertiary/aromatic N) is 4.